The van der Waals surface area contributed by atoms with Crippen LogP contribution in [0.2, 0.25) is 0 Å². The number of aromatic amines is 1. The monoisotopic (exact) mass is 540 g/mol. The Hall–Kier alpha value is -4.59. The normalized spacial score (nSPS) is 18.4. The van der Waals surface area contributed by atoms with Gasteiger partial charge in [-0.2, -0.15) is 0 Å². The molecule has 3 aromatic carbocycles. The Bertz CT molecular complexity index is 1500. The molecule has 0 spiro atoms. The lowest BCUT2D eigenvalue weighted by Crippen LogP contribution is -2.48. The molecule has 4 aromatic rings. The number of nitrogens with zero attached hydrogens (tertiary/aromatic N) is 1. The predicted octanol–water partition coefficient (Wildman–Crippen LogP) is 5.29. The molecule has 1 aliphatic heterocycles. The summed E-state index contributed by atoms with van der Waals surface area (Å²) >= 11 is 0. The van der Waals surface area contributed by atoms with Gasteiger partial charge in [-0.15, -0.1) is 0 Å². The maximum atomic E-state index is 13.5. The van der Waals surface area contributed by atoms with Gasteiger partial charge in [-0.3, -0.25) is 9.59 Å². The number of methoxy groups -OCH3 is 1. The van der Waals surface area contributed by atoms with Crippen molar-refractivity contribution in [3.05, 3.63) is 107 Å². The number of aromatic nitrogens is 1. The van der Waals surface area contributed by atoms with Crippen molar-refractivity contribution in [2.24, 2.45) is 5.92 Å². The number of amides is 1. The van der Waals surface area contributed by atoms with Gasteiger partial charge in [-0.05, 0) is 36.1 Å². The largest absolute Gasteiger partial charge is 0.468 e. The second-order valence-corrected chi connectivity index (χ2v) is 10.0. The van der Waals surface area contributed by atoms with E-state index in [1.165, 1.54) is 7.11 Å². The number of nitrogens with one attached hydrogen (secondary N) is 1. The van der Waals surface area contributed by atoms with Crippen molar-refractivity contribution < 1.29 is 28.6 Å². The molecule has 1 aliphatic rings. The van der Waals surface area contributed by atoms with Crippen LogP contribution in [0.1, 0.15) is 28.8 Å². The summed E-state index contributed by atoms with van der Waals surface area (Å²) in [5.74, 6) is -1.91. The smallest absolute Gasteiger partial charge is 0.410 e. The van der Waals surface area contributed by atoms with Crippen LogP contribution in [0.15, 0.2) is 84.9 Å². The fourth-order valence-electron chi connectivity index (χ4n) is 5.54. The zero-order valence-electron chi connectivity index (χ0n) is 22.6. The molecule has 5 rings (SSSR count). The summed E-state index contributed by atoms with van der Waals surface area (Å²) in [6, 6.07) is 26.7. The molecule has 1 aromatic heterocycles. The first-order chi connectivity index (χ1) is 19.4. The van der Waals surface area contributed by atoms with Gasteiger partial charge >= 0.3 is 18.0 Å². The van der Waals surface area contributed by atoms with Gasteiger partial charge in [0.05, 0.1) is 13.7 Å². The molecule has 8 nitrogen and oxygen atoms in total. The van der Waals surface area contributed by atoms with Crippen LogP contribution in [0.4, 0.5) is 4.79 Å². The number of carbonyl (C=O) groups is 3. The predicted molar refractivity (Wildman–Crippen MR) is 149 cm³/mol. The number of carbonyl (C=O) groups excluding carboxylic acids is 3. The lowest BCUT2D eigenvalue weighted by atomic mass is 9.72. The topological polar surface area (TPSA) is 97.9 Å². The van der Waals surface area contributed by atoms with Gasteiger partial charge in [0.1, 0.15) is 6.61 Å². The number of cyclic esters (lactones) is 1. The number of benzene rings is 3. The van der Waals surface area contributed by atoms with Crippen LogP contribution < -0.4 is 0 Å². The Balaban J connectivity index is 1.43. The van der Waals surface area contributed by atoms with Crippen LogP contribution in [0.3, 0.4) is 0 Å². The molecule has 1 unspecified atom stereocenters. The van der Waals surface area contributed by atoms with Crippen molar-refractivity contribution in [2.75, 3.05) is 20.3 Å². The van der Waals surface area contributed by atoms with Crippen LogP contribution in [-0.2, 0) is 42.4 Å². The lowest BCUT2D eigenvalue weighted by Gasteiger charge is -2.30. The molecule has 2 atom stereocenters. The van der Waals surface area contributed by atoms with Crippen molar-refractivity contribution in [2.45, 2.75) is 31.9 Å². The van der Waals surface area contributed by atoms with Crippen molar-refractivity contribution >= 4 is 28.9 Å². The summed E-state index contributed by atoms with van der Waals surface area (Å²) in [7, 11) is 1.27. The highest BCUT2D eigenvalue weighted by atomic mass is 16.6. The number of aryl methyl sites for hydroxylation is 1. The number of fused-ring (bicyclic) bond motifs is 1. The van der Waals surface area contributed by atoms with Gasteiger partial charge in [0.15, 0.2) is 0 Å². The van der Waals surface area contributed by atoms with E-state index in [-0.39, 0.29) is 19.8 Å². The van der Waals surface area contributed by atoms with Gasteiger partial charge in [0.25, 0.3) is 0 Å². The van der Waals surface area contributed by atoms with Gasteiger partial charge in [0.2, 0.25) is 5.41 Å². The number of ether oxygens (including phenoxy) is 3. The van der Waals surface area contributed by atoms with E-state index in [1.807, 2.05) is 91.9 Å². The first-order valence-corrected chi connectivity index (χ1v) is 13.3. The maximum Gasteiger partial charge on any atom is 0.410 e. The third-order valence-electron chi connectivity index (χ3n) is 7.64. The second-order valence-electron chi connectivity index (χ2n) is 10.0. The maximum absolute atomic E-state index is 13.5. The fraction of sp³-hybridized carbons (Fsp3) is 0.281. The molecule has 40 heavy (non-hydrogen) atoms. The number of esters is 2. The zero-order valence-corrected chi connectivity index (χ0v) is 22.6. The summed E-state index contributed by atoms with van der Waals surface area (Å²) in [4.78, 5) is 45.1. The van der Waals surface area contributed by atoms with E-state index >= 15 is 0 Å². The molecule has 1 saturated heterocycles. The molecule has 1 N–H and O–H groups in total. The van der Waals surface area contributed by atoms with E-state index in [0.717, 1.165) is 27.6 Å². The highest BCUT2D eigenvalue weighted by Gasteiger charge is 2.62. The Labute approximate surface area is 232 Å². The first-order valence-electron chi connectivity index (χ1n) is 13.3. The van der Waals surface area contributed by atoms with Crippen LogP contribution in [0.25, 0.3) is 10.9 Å². The fourth-order valence-corrected chi connectivity index (χ4v) is 5.54. The van der Waals surface area contributed by atoms with Crippen LogP contribution in [-0.4, -0.2) is 48.2 Å². The summed E-state index contributed by atoms with van der Waals surface area (Å²) in [6.07, 6.45) is -0.175. The molecule has 0 radical (unpaired) electrons. The molecule has 0 bridgehead atoms. The Morgan fingerprint density at radius 2 is 1.62 bits per heavy atom. The first kappa shape index (κ1) is 27.0. The summed E-state index contributed by atoms with van der Waals surface area (Å²) in [6.45, 7) is 2.59. The molecule has 0 saturated carbocycles. The minimum Gasteiger partial charge on any atom is -0.468 e. The minimum absolute atomic E-state index is 0.0287. The van der Waals surface area contributed by atoms with E-state index in [2.05, 4.69) is 4.98 Å². The van der Waals surface area contributed by atoms with E-state index in [0.29, 0.717) is 18.7 Å². The lowest BCUT2D eigenvalue weighted by molar-refractivity contribution is -0.158. The van der Waals surface area contributed by atoms with Gasteiger partial charge in [-0.1, -0.05) is 78.9 Å². The molecule has 0 aliphatic carbocycles. The molecular weight excluding hydrogens is 508 g/mol. The average molecular weight is 541 g/mol. The van der Waals surface area contributed by atoms with E-state index in [1.54, 1.807) is 4.90 Å². The second kappa shape index (κ2) is 11.7. The minimum atomic E-state index is -1.68. The molecule has 206 valence electrons. The number of H-pyrrole nitrogens is 1. The van der Waals surface area contributed by atoms with Crippen molar-refractivity contribution in [3.8, 4) is 0 Å². The summed E-state index contributed by atoms with van der Waals surface area (Å²) in [5, 5.41) is 0.912. The molecule has 1 fully saturated rings. The van der Waals surface area contributed by atoms with Gasteiger partial charge in [-0.25, -0.2) is 4.79 Å². The third kappa shape index (κ3) is 5.04. The Morgan fingerprint density at radius 1 is 0.975 bits per heavy atom. The van der Waals surface area contributed by atoms with Crippen molar-refractivity contribution in [1.29, 1.82) is 0 Å². The van der Waals surface area contributed by atoms with Gasteiger partial charge < -0.3 is 24.1 Å². The quantitative estimate of drug-likeness (QED) is 0.176. The van der Waals surface area contributed by atoms with Gasteiger partial charge in [0, 0.05) is 35.6 Å². The number of para-hydroxylation sites is 1. The van der Waals surface area contributed by atoms with Crippen molar-refractivity contribution in [1.82, 2.24) is 9.88 Å². The van der Waals surface area contributed by atoms with E-state index in [9.17, 15) is 14.4 Å². The SMILES string of the molecule is COC(=O)C1(c2[nH]c3ccccc3c2C)C(=O)OC[C@H]1CCN(Cc1ccccc1)C(=O)OCc1ccccc1. The number of hydrogen-bond acceptors (Lipinski definition) is 6. The number of rotatable bonds is 9. The van der Waals surface area contributed by atoms with Crippen LogP contribution >= 0.6 is 0 Å². The molecule has 1 amide bonds. The summed E-state index contributed by atoms with van der Waals surface area (Å²) < 4.78 is 16.4. The van der Waals surface area contributed by atoms with E-state index in [4.69, 9.17) is 14.2 Å². The summed E-state index contributed by atoms with van der Waals surface area (Å²) in [5.41, 5.74) is 2.20. The standard InChI is InChI=1S/C32H32N2O6/c1-22-26-15-9-10-16-27(26)33-28(22)32(29(35)38-2)25(21-39-30(32)36)17-18-34(19-23-11-5-3-6-12-23)31(37)40-20-24-13-7-4-8-14-24/h3-16,25,33H,17-21H2,1-2H3/t25-,32?/m1/s1. The highest BCUT2D eigenvalue weighted by molar-refractivity contribution is 6.09. The van der Waals surface area contributed by atoms with E-state index < -0.39 is 29.4 Å². The molecule has 8 heteroatoms. The van der Waals surface area contributed by atoms with Crippen LogP contribution in [0, 0.1) is 12.8 Å². The number of hydrogen-bond donors (Lipinski definition) is 1. The Morgan fingerprint density at radius 3 is 2.30 bits per heavy atom. The Kier molecular flexibility index (Phi) is 7.86. The highest BCUT2D eigenvalue weighted by Crippen LogP contribution is 2.44. The van der Waals surface area contributed by atoms with Crippen LogP contribution in [0.5, 0.6) is 0 Å². The third-order valence-corrected chi connectivity index (χ3v) is 7.64. The zero-order chi connectivity index (χ0) is 28.1. The molecule has 2 heterocycles. The average Bonchev–Trinajstić information content (AvgIpc) is 3.51. The van der Waals surface area contributed by atoms with Crippen molar-refractivity contribution in [3.63, 3.8) is 0 Å². The molecular formula is C32H32N2O6.